The summed E-state index contributed by atoms with van der Waals surface area (Å²) in [6.45, 7) is 7.41. The Morgan fingerprint density at radius 1 is 1.67 bits per heavy atom. The number of hydrogen-bond donors (Lipinski definition) is 1. The van der Waals surface area contributed by atoms with Crippen LogP contribution in [0.5, 0.6) is 0 Å². The van der Waals surface area contributed by atoms with Crippen molar-refractivity contribution in [3.63, 3.8) is 0 Å². The van der Waals surface area contributed by atoms with Crippen molar-refractivity contribution in [3.05, 3.63) is 0 Å². The van der Waals surface area contributed by atoms with Gasteiger partial charge in [-0.2, -0.15) is 5.26 Å². The first-order valence-corrected chi connectivity index (χ1v) is 5.61. The molecule has 0 saturated carbocycles. The molecular weight excluding hydrogens is 190 g/mol. The Morgan fingerprint density at radius 3 is 3.00 bits per heavy atom. The molecular formula is C11H21N3O. The number of ether oxygens (including phenoxy) is 1. The molecule has 0 aromatic rings. The fourth-order valence-electron chi connectivity index (χ4n) is 1.79. The van der Waals surface area contributed by atoms with Gasteiger partial charge in [-0.05, 0) is 19.8 Å². The van der Waals surface area contributed by atoms with Gasteiger partial charge in [-0.25, -0.2) is 0 Å². The van der Waals surface area contributed by atoms with Crippen LogP contribution in [0.2, 0.25) is 0 Å². The average molecular weight is 211 g/mol. The molecule has 0 radical (unpaired) electrons. The zero-order valence-electron chi connectivity index (χ0n) is 9.70. The summed E-state index contributed by atoms with van der Waals surface area (Å²) >= 11 is 0. The Hall–Kier alpha value is -0.630. The summed E-state index contributed by atoms with van der Waals surface area (Å²) in [6.07, 6.45) is 1.81. The number of rotatable bonds is 4. The van der Waals surface area contributed by atoms with Gasteiger partial charge in [0.15, 0.2) is 0 Å². The van der Waals surface area contributed by atoms with Crippen molar-refractivity contribution in [1.29, 1.82) is 5.26 Å². The maximum absolute atomic E-state index is 8.83. The van der Waals surface area contributed by atoms with Crippen LogP contribution in [-0.2, 0) is 4.74 Å². The zero-order chi connectivity index (χ0) is 11.3. The van der Waals surface area contributed by atoms with E-state index in [0.29, 0.717) is 6.04 Å². The van der Waals surface area contributed by atoms with Crippen molar-refractivity contribution < 1.29 is 4.74 Å². The van der Waals surface area contributed by atoms with Crippen LogP contribution < -0.4 is 5.73 Å². The van der Waals surface area contributed by atoms with E-state index in [1.807, 2.05) is 0 Å². The molecule has 2 N–H and O–H groups in total. The van der Waals surface area contributed by atoms with Crippen molar-refractivity contribution in [2.75, 3.05) is 26.3 Å². The molecule has 1 saturated heterocycles. The summed E-state index contributed by atoms with van der Waals surface area (Å²) in [5.41, 5.74) is 5.10. The predicted octanol–water partition coefficient (Wildman–Crippen LogP) is 0.728. The van der Waals surface area contributed by atoms with Crippen LogP contribution in [0.25, 0.3) is 0 Å². The smallest absolute Gasteiger partial charge is 0.102 e. The molecule has 0 amide bonds. The second kappa shape index (κ2) is 5.45. The first-order valence-electron chi connectivity index (χ1n) is 5.61. The highest BCUT2D eigenvalue weighted by atomic mass is 16.5. The lowest BCUT2D eigenvalue weighted by Crippen LogP contribution is -2.48. The summed E-state index contributed by atoms with van der Waals surface area (Å²) in [5.74, 6) is 0. The number of morpholine rings is 1. The van der Waals surface area contributed by atoms with E-state index in [1.165, 1.54) is 0 Å². The molecule has 1 rings (SSSR count). The van der Waals surface area contributed by atoms with E-state index in [2.05, 4.69) is 17.9 Å². The molecule has 2 unspecified atom stereocenters. The van der Waals surface area contributed by atoms with Gasteiger partial charge in [0.2, 0.25) is 0 Å². The predicted molar refractivity (Wildman–Crippen MR) is 59.3 cm³/mol. The standard InChI is InChI=1S/C11H21N3O/c1-3-10-8-15-7-6-14(10)5-4-11(2,13)9-12/h10H,3-8,13H2,1-2H3. The number of nitrogens with zero attached hydrogens (tertiary/aromatic N) is 2. The molecule has 1 aliphatic heterocycles. The summed E-state index contributed by atoms with van der Waals surface area (Å²) in [6, 6.07) is 2.63. The highest BCUT2D eigenvalue weighted by Gasteiger charge is 2.24. The third-order valence-corrected chi connectivity index (χ3v) is 2.99. The molecule has 0 aliphatic carbocycles. The Balaban J connectivity index is 2.39. The van der Waals surface area contributed by atoms with Gasteiger partial charge in [-0.3, -0.25) is 4.90 Å². The Kier molecular flexibility index (Phi) is 4.52. The normalized spacial score (nSPS) is 26.9. The maximum atomic E-state index is 8.83. The van der Waals surface area contributed by atoms with Crippen LogP contribution in [0.1, 0.15) is 26.7 Å². The van der Waals surface area contributed by atoms with Crippen LogP contribution in [0, 0.1) is 11.3 Å². The van der Waals surface area contributed by atoms with E-state index in [-0.39, 0.29) is 0 Å². The fraction of sp³-hybridized carbons (Fsp3) is 0.909. The molecule has 4 heteroatoms. The first-order chi connectivity index (χ1) is 7.09. The van der Waals surface area contributed by atoms with Gasteiger partial charge in [-0.1, -0.05) is 6.92 Å². The van der Waals surface area contributed by atoms with Crippen LogP contribution in [0.4, 0.5) is 0 Å². The maximum Gasteiger partial charge on any atom is 0.102 e. The summed E-state index contributed by atoms with van der Waals surface area (Å²) in [5, 5.41) is 8.83. The van der Waals surface area contributed by atoms with Crippen LogP contribution >= 0.6 is 0 Å². The van der Waals surface area contributed by atoms with Crippen LogP contribution in [0.3, 0.4) is 0 Å². The average Bonchev–Trinajstić information content (AvgIpc) is 2.27. The monoisotopic (exact) mass is 211 g/mol. The topological polar surface area (TPSA) is 62.3 Å². The molecule has 1 heterocycles. The van der Waals surface area contributed by atoms with E-state index in [1.54, 1.807) is 6.92 Å². The second-order valence-corrected chi connectivity index (χ2v) is 4.45. The van der Waals surface area contributed by atoms with Gasteiger partial charge in [0.25, 0.3) is 0 Å². The Labute approximate surface area is 92.0 Å². The number of nitriles is 1. The summed E-state index contributed by atoms with van der Waals surface area (Å²) < 4.78 is 5.42. The molecule has 1 aliphatic rings. The van der Waals surface area contributed by atoms with Crippen molar-refractivity contribution in [3.8, 4) is 6.07 Å². The fourth-order valence-corrected chi connectivity index (χ4v) is 1.79. The van der Waals surface area contributed by atoms with Gasteiger partial charge in [0.05, 0.1) is 19.3 Å². The van der Waals surface area contributed by atoms with Crippen molar-refractivity contribution in [1.82, 2.24) is 4.90 Å². The van der Waals surface area contributed by atoms with E-state index in [4.69, 9.17) is 15.7 Å². The van der Waals surface area contributed by atoms with Gasteiger partial charge < -0.3 is 10.5 Å². The van der Waals surface area contributed by atoms with Crippen molar-refractivity contribution >= 4 is 0 Å². The minimum atomic E-state index is -0.698. The molecule has 86 valence electrons. The third kappa shape index (κ3) is 3.78. The van der Waals surface area contributed by atoms with E-state index >= 15 is 0 Å². The van der Waals surface area contributed by atoms with Gasteiger partial charge >= 0.3 is 0 Å². The number of hydrogen-bond acceptors (Lipinski definition) is 4. The summed E-state index contributed by atoms with van der Waals surface area (Å²) in [7, 11) is 0. The van der Waals surface area contributed by atoms with Crippen LogP contribution in [-0.4, -0.2) is 42.8 Å². The minimum absolute atomic E-state index is 0.494. The van der Waals surface area contributed by atoms with E-state index < -0.39 is 5.54 Å². The molecule has 15 heavy (non-hydrogen) atoms. The lowest BCUT2D eigenvalue weighted by molar-refractivity contribution is -0.0103. The molecule has 0 bridgehead atoms. The minimum Gasteiger partial charge on any atom is -0.378 e. The molecule has 0 aromatic heterocycles. The number of nitrogens with two attached hydrogens (primary N) is 1. The molecule has 2 atom stereocenters. The SMILES string of the molecule is CCC1COCCN1CCC(C)(N)C#N. The largest absolute Gasteiger partial charge is 0.378 e. The Morgan fingerprint density at radius 2 is 2.40 bits per heavy atom. The molecule has 0 spiro atoms. The molecule has 1 fully saturated rings. The molecule has 0 aromatic carbocycles. The first kappa shape index (κ1) is 12.4. The Bertz CT molecular complexity index is 234. The lowest BCUT2D eigenvalue weighted by Gasteiger charge is -2.36. The van der Waals surface area contributed by atoms with Crippen molar-refractivity contribution in [2.24, 2.45) is 5.73 Å². The highest BCUT2D eigenvalue weighted by Crippen LogP contribution is 2.13. The van der Waals surface area contributed by atoms with E-state index in [0.717, 1.165) is 39.1 Å². The van der Waals surface area contributed by atoms with Gasteiger partial charge in [0, 0.05) is 19.1 Å². The van der Waals surface area contributed by atoms with Gasteiger partial charge in [0.1, 0.15) is 5.54 Å². The van der Waals surface area contributed by atoms with E-state index in [9.17, 15) is 0 Å². The van der Waals surface area contributed by atoms with Crippen LogP contribution in [0.15, 0.2) is 0 Å². The van der Waals surface area contributed by atoms with Crippen molar-refractivity contribution in [2.45, 2.75) is 38.3 Å². The third-order valence-electron chi connectivity index (χ3n) is 2.99. The quantitative estimate of drug-likeness (QED) is 0.744. The van der Waals surface area contributed by atoms with Gasteiger partial charge in [-0.15, -0.1) is 0 Å². The highest BCUT2D eigenvalue weighted by molar-refractivity contribution is 5.01. The zero-order valence-corrected chi connectivity index (χ0v) is 9.70. The molecule has 4 nitrogen and oxygen atoms in total. The second-order valence-electron chi connectivity index (χ2n) is 4.45. The lowest BCUT2D eigenvalue weighted by atomic mass is 10.0. The summed E-state index contributed by atoms with van der Waals surface area (Å²) in [4.78, 5) is 2.38.